The lowest BCUT2D eigenvalue weighted by Crippen LogP contribution is -2.47. The normalized spacial score (nSPS) is 22.9. The number of para-hydroxylation sites is 1. The summed E-state index contributed by atoms with van der Waals surface area (Å²) in [5, 5.41) is 3.08. The Labute approximate surface area is 120 Å². The van der Waals surface area contributed by atoms with E-state index < -0.39 is 0 Å². The maximum absolute atomic E-state index is 12.4. The first-order valence-corrected chi connectivity index (χ1v) is 7.50. The molecular formula is C16H24N2O2. The molecule has 3 N–H and O–H groups in total. The fourth-order valence-corrected chi connectivity index (χ4v) is 2.70. The van der Waals surface area contributed by atoms with Gasteiger partial charge in [-0.1, -0.05) is 31.4 Å². The Morgan fingerprint density at radius 1 is 1.30 bits per heavy atom. The summed E-state index contributed by atoms with van der Waals surface area (Å²) < 4.78 is 5.51. The van der Waals surface area contributed by atoms with Crippen molar-refractivity contribution in [1.82, 2.24) is 5.32 Å². The Morgan fingerprint density at radius 3 is 2.85 bits per heavy atom. The van der Waals surface area contributed by atoms with Crippen molar-refractivity contribution in [1.29, 1.82) is 0 Å². The molecule has 4 nitrogen and oxygen atoms in total. The second-order valence-electron chi connectivity index (χ2n) is 5.31. The number of hydrogen-bond acceptors (Lipinski definition) is 3. The van der Waals surface area contributed by atoms with Gasteiger partial charge >= 0.3 is 0 Å². The van der Waals surface area contributed by atoms with Crippen LogP contribution in [-0.2, 0) is 0 Å². The molecule has 1 saturated carbocycles. The first-order valence-electron chi connectivity index (χ1n) is 7.50. The van der Waals surface area contributed by atoms with Gasteiger partial charge in [-0.25, -0.2) is 0 Å². The van der Waals surface area contributed by atoms with Gasteiger partial charge in [-0.3, -0.25) is 4.79 Å². The van der Waals surface area contributed by atoms with E-state index in [1.807, 2.05) is 25.1 Å². The number of carbonyl (C=O) groups excluding carboxylic acids is 1. The van der Waals surface area contributed by atoms with Crippen molar-refractivity contribution in [3.05, 3.63) is 29.8 Å². The van der Waals surface area contributed by atoms with Gasteiger partial charge in [0.2, 0.25) is 0 Å². The van der Waals surface area contributed by atoms with Gasteiger partial charge in [0, 0.05) is 12.1 Å². The van der Waals surface area contributed by atoms with E-state index in [9.17, 15) is 4.79 Å². The largest absolute Gasteiger partial charge is 0.493 e. The Morgan fingerprint density at radius 2 is 2.05 bits per heavy atom. The summed E-state index contributed by atoms with van der Waals surface area (Å²) in [5.74, 6) is 0.547. The summed E-state index contributed by atoms with van der Waals surface area (Å²) in [6.07, 6.45) is 5.44. The van der Waals surface area contributed by atoms with Crippen LogP contribution in [0.5, 0.6) is 5.75 Å². The van der Waals surface area contributed by atoms with Gasteiger partial charge in [0.15, 0.2) is 0 Å². The Hall–Kier alpha value is -1.55. The molecule has 0 saturated heterocycles. The lowest BCUT2D eigenvalue weighted by molar-refractivity contribution is 0.0925. The van der Waals surface area contributed by atoms with Gasteiger partial charge < -0.3 is 15.8 Å². The molecule has 2 unspecified atom stereocenters. The van der Waals surface area contributed by atoms with E-state index in [4.69, 9.17) is 10.5 Å². The van der Waals surface area contributed by atoms with Crippen molar-refractivity contribution in [3.63, 3.8) is 0 Å². The van der Waals surface area contributed by atoms with Gasteiger partial charge in [0.1, 0.15) is 5.75 Å². The van der Waals surface area contributed by atoms with E-state index in [-0.39, 0.29) is 18.0 Å². The van der Waals surface area contributed by atoms with Crippen molar-refractivity contribution in [3.8, 4) is 5.75 Å². The van der Waals surface area contributed by atoms with E-state index in [0.717, 1.165) is 25.7 Å². The molecular weight excluding hydrogens is 252 g/mol. The minimum absolute atomic E-state index is 0.0562. The zero-order chi connectivity index (χ0) is 14.4. The molecule has 2 rings (SSSR count). The van der Waals surface area contributed by atoms with Crippen LogP contribution < -0.4 is 15.8 Å². The maximum atomic E-state index is 12.4. The Bertz CT molecular complexity index is 448. The third-order valence-electron chi connectivity index (χ3n) is 3.82. The van der Waals surface area contributed by atoms with Crippen molar-refractivity contribution in [2.45, 2.75) is 51.1 Å². The van der Waals surface area contributed by atoms with E-state index in [1.165, 1.54) is 6.42 Å². The van der Waals surface area contributed by atoms with Crippen molar-refractivity contribution in [2.75, 3.05) is 6.61 Å². The lowest BCUT2D eigenvalue weighted by Gasteiger charge is -2.23. The molecule has 0 aromatic heterocycles. The minimum Gasteiger partial charge on any atom is -0.493 e. The molecule has 2 atom stereocenters. The predicted octanol–water partition coefficient (Wildman–Crippen LogP) is 2.48. The highest BCUT2D eigenvalue weighted by molar-refractivity contribution is 5.97. The topological polar surface area (TPSA) is 64.3 Å². The average Bonchev–Trinajstić information content (AvgIpc) is 2.65. The number of rotatable bonds is 4. The standard InChI is InChI=1S/C16H24N2O2/c1-2-20-15-11-7-6-8-12(15)16(19)18-14-10-5-3-4-9-13(14)17/h6-8,11,13-14H,2-5,9-10,17H2,1H3,(H,18,19). The molecule has 110 valence electrons. The second kappa shape index (κ2) is 7.29. The van der Waals surface area contributed by atoms with Crippen molar-refractivity contribution in [2.24, 2.45) is 5.73 Å². The number of nitrogens with one attached hydrogen (secondary N) is 1. The van der Waals surface area contributed by atoms with Crippen LogP contribution >= 0.6 is 0 Å². The fraction of sp³-hybridized carbons (Fsp3) is 0.562. The summed E-state index contributed by atoms with van der Waals surface area (Å²) in [6.45, 7) is 2.46. The van der Waals surface area contributed by atoms with Crippen LogP contribution in [0.1, 0.15) is 49.4 Å². The number of benzene rings is 1. The zero-order valence-corrected chi connectivity index (χ0v) is 12.1. The number of hydrogen-bond donors (Lipinski definition) is 2. The first kappa shape index (κ1) is 14.9. The van der Waals surface area contributed by atoms with Gasteiger partial charge in [-0.05, 0) is 31.9 Å². The summed E-state index contributed by atoms with van der Waals surface area (Å²) in [5.41, 5.74) is 6.74. The van der Waals surface area contributed by atoms with Crippen LogP contribution in [0.25, 0.3) is 0 Å². The first-order chi connectivity index (χ1) is 9.72. The smallest absolute Gasteiger partial charge is 0.255 e. The minimum atomic E-state index is -0.0867. The summed E-state index contributed by atoms with van der Waals surface area (Å²) in [7, 11) is 0. The molecule has 0 spiro atoms. The predicted molar refractivity (Wildman–Crippen MR) is 79.9 cm³/mol. The summed E-state index contributed by atoms with van der Waals surface area (Å²) in [6, 6.07) is 7.47. The molecule has 0 radical (unpaired) electrons. The summed E-state index contributed by atoms with van der Waals surface area (Å²) in [4.78, 5) is 12.4. The molecule has 0 heterocycles. The molecule has 0 bridgehead atoms. The van der Waals surface area contributed by atoms with Gasteiger partial charge in [0.25, 0.3) is 5.91 Å². The fourth-order valence-electron chi connectivity index (χ4n) is 2.70. The van der Waals surface area contributed by atoms with Crippen LogP contribution in [0.2, 0.25) is 0 Å². The third kappa shape index (κ3) is 3.73. The van der Waals surface area contributed by atoms with Gasteiger partial charge in [0.05, 0.1) is 12.2 Å². The number of ether oxygens (including phenoxy) is 1. The monoisotopic (exact) mass is 276 g/mol. The highest BCUT2D eigenvalue weighted by Crippen LogP contribution is 2.20. The van der Waals surface area contributed by atoms with Crippen molar-refractivity contribution >= 4 is 5.91 Å². The molecule has 1 aliphatic rings. The molecule has 20 heavy (non-hydrogen) atoms. The van der Waals surface area contributed by atoms with Crippen LogP contribution in [0.15, 0.2) is 24.3 Å². The second-order valence-corrected chi connectivity index (χ2v) is 5.31. The molecule has 1 aromatic rings. The van der Waals surface area contributed by atoms with Crippen LogP contribution in [-0.4, -0.2) is 24.6 Å². The molecule has 4 heteroatoms. The van der Waals surface area contributed by atoms with E-state index in [2.05, 4.69) is 5.32 Å². The number of carbonyl (C=O) groups is 1. The molecule has 1 amide bonds. The highest BCUT2D eigenvalue weighted by Gasteiger charge is 2.23. The molecule has 0 aliphatic heterocycles. The molecule has 1 aliphatic carbocycles. The van der Waals surface area contributed by atoms with Crippen LogP contribution in [0.4, 0.5) is 0 Å². The van der Waals surface area contributed by atoms with Crippen LogP contribution in [0, 0.1) is 0 Å². The number of amides is 1. The Balaban J connectivity index is 2.07. The Kier molecular flexibility index (Phi) is 5.41. The van der Waals surface area contributed by atoms with E-state index >= 15 is 0 Å². The van der Waals surface area contributed by atoms with E-state index in [1.54, 1.807) is 6.07 Å². The van der Waals surface area contributed by atoms with Gasteiger partial charge in [-0.15, -0.1) is 0 Å². The number of nitrogens with two attached hydrogens (primary N) is 1. The quantitative estimate of drug-likeness (QED) is 0.830. The third-order valence-corrected chi connectivity index (χ3v) is 3.82. The van der Waals surface area contributed by atoms with Crippen molar-refractivity contribution < 1.29 is 9.53 Å². The zero-order valence-electron chi connectivity index (χ0n) is 12.1. The molecule has 1 aromatic carbocycles. The highest BCUT2D eigenvalue weighted by atomic mass is 16.5. The lowest BCUT2D eigenvalue weighted by atomic mass is 10.0. The average molecular weight is 276 g/mol. The van der Waals surface area contributed by atoms with Gasteiger partial charge in [-0.2, -0.15) is 0 Å². The maximum Gasteiger partial charge on any atom is 0.255 e. The summed E-state index contributed by atoms with van der Waals surface area (Å²) >= 11 is 0. The van der Waals surface area contributed by atoms with E-state index in [0.29, 0.717) is 17.9 Å². The van der Waals surface area contributed by atoms with Crippen LogP contribution in [0.3, 0.4) is 0 Å². The SMILES string of the molecule is CCOc1ccccc1C(=O)NC1CCCCCC1N. The molecule has 1 fully saturated rings.